The van der Waals surface area contributed by atoms with Crippen molar-refractivity contribution in [2.75, 3.05) is 27.3 Å². The molecule has 1 aromatic rings. The Bertz CT molecular complexity index is 222. The van der Waals surface area contributed by atoms with Crippen LogP contribution < -0.4 is 5.32 Å². The van der Waals surface area contributed by atoms with E-state index in [1.54, 1.807) is 20.5 Å². The molecule has 0 amide bonds. The van der Waals surface area contributed by atoms with Gasteiger partial charge in [-0.05, 0) is 0 Å². The van der Waals surface area contributed by atoms with Gasteiger partial charge in [-0.15, -0.1) is 0 Å². The van der Waals surface area contributed by atoms with Crippen LogP contribution in [-0.2, 0) is 15.9 Å². The molecule has 0 saturated carbocycles. The SMILES string of the molecule is COC(CNCCc1cnc[nH]1)OC. The molecule has 1 rings (SSSR count). The molecule has 0 saturated heterocycles. The van der Waals surface area contributed by atoms with E-state index in [0.717, 1.165) is 18.7 Å². The standard InChI is InChI=1S/C9H17N3O2/c1-13-9(14-2)6-10-4-3-8-5-11-7-12-8/h5,7,9-10H,3-4,6H2,1-2H3,(H,11,12). The minimum Gasteiger partial charge on any atom is -0.355 e. The van der Waals surface area contributed by atoms with E-state index in [9.17, 15) is 0 Å². The summed E-state index contributed by atoms with van der Waals surface area (Å²) in [5, 5.41) is 3.23. The van der Waals surface area contributed by atoms with Crippen LogP contribution in [0.4, 0.5) is 0 Å². The van der Waals surface area contributed by atoms with Gasteiger partial charge in [-0.3, -0.25) is 0 Å². The fourth-order valence-electron chi connectivity index (χ4n) is 1.13. The Labute approximate surface area is 83.8 Å². The van der Waals surface area contributed by atoms with E-state index < -0.39 is 0 Å². The van der Waals surface area contributed by atoms with Crippen molar-refractivity contribution in [2.45, 2.75) is 12.7 Å². The monoisotopic (exact) mass is 199 g/mol. The van der Waals surface area contributed by atoms with Gasteiger partial charge in [0.1, 0.15) is 0 Å². The first-order valence-electron chi connectivity index (χ1n) is 4.60. The highest BCUT2D eigenvalue weighted by molar-refractivity contribution is 4.94. The number of nitrogens with zero attached hydrogens (tertiary/aromatic N) is 1. The smallest absolute Gasteiger partial charge is 0.169 e. The Kier molecular flexibility index (Phi) is 5.21. The first kappa shape index (κ1) is 11.2. The van der Waals surface area contributed by atoms with Crippen molar-refractivity contribution in [1.29, 1.82) is 0 Å². The van der Waals surface area contributed by atoms with E-state index in [1.807, 2.05) is 6.20 Å². The molecule has 1 aromatic heterocycles. The van der Waals surface area contributed by atoms with Crippen LogP contribution in [0.25, 0.3) is 0 Å². The number of methoxy groups -OCH3 is 2. The number of hydrogen-bond donors (Lipinski definition) is 2. The van der Waals surface area contributed by atoms with Crippen LogP contribution in [0, 0.1) is 0 Å². The summed E-state index contributed by atoms with van der Waals surface area (Å²) in [4.78, 5) is 6.98. The maximum atomic E-state index is 5.03. The van der Waals surface area contributed by atoms with Gasteiger partial charge in [-0.25, -0.2) is 4.98 Å². The number of imidazole rings is 1. The van der Waals surface area contributed by atoms with Crippen LogP contribution in [0.1, 0.15) is 5.69 Å². The van der Waals surface area contributed by atoms with E-state index in [0.29, 0.717) is 6.54 Å². The first-order valence-corrected chi connectivity index (χ1v) is 4.60. The molecule has 0 spiro atoms. The zero-order chi connectivity index (χ0) is 10.2. The second kappa shape index (κ2) is 6.53. The molecule has 2 N–H and O–H groups in total. The van der Waals surface area contributed by atoms with E-state index in [2.05, 4.69) is 15.3 Å². The average Bonchev–Trinajstić information content (AvgIpc) is 2.71. The van der Waals surface area contributed by atoms with E-state index in [4.69, 9.17) is 9.47 Å². The molecular formula is C9H17N3O2. The van der Waals surface area contributed by atoms with Gasteiger partial charge in [-0.2, -0.15) is 0 Å². The van der Waals surface area contributed by atoms with Gasteiger partial charge in [0.2, 0.25) is 0 Å². The summed E-state index contributed by atoms with van der Waals surface area (Å²) in [7, 11) is 3.26. The van der Waals surface area contributed by atoms with Gasteiger partial charge >= 0.3 is 0 Å². The van der Waals surface area contributed by atoms with Crippen molar-refractivity contribution < 1.29 is 9.47 Å². The number of hydrogen-bond acceptors (Lipinski definition) is 4. The Morgan fingerprint density at radius 1 is 1.50 bits per heavy atom. The van der Waals surface area contributed by atoms with Gasteiger partial charge in [0.05, 0.1) is 6.33 Å². The molecule has 14 heavy (non-hydrogen) atoms. The van der Waals surface area contributed by atoms with Gasteiger partial charge in [-0.1, -0.05) is 0 Å². The molecule has 0 aliphatic heterocycles. The molecular weight excluding hydrogens is 182 g/mol. The maximum Gasteiger partial charge on any atom is 0.169 e. The Hall–Kier alpha value is -0.910. The Morgan fingerprint density at radius 3 is 2.86 bits per heavy atom. The lowest BCUT2D eigenvalue weighted by atomic mass is 10.3. The highest BCUT2D eigenvalue weighted by atomic mass is 16.7. The van der Waals surface area contributed by atoms with Crippen molar-refractivity contribution in [3.05, 3.63) is 18.2 Å². The molecule has 0 radical (unpaired) electrons. The largest absolute Gasteiger partial charge is 0.355 e. The van der Waals surface area contributed by atoms with Gasteiger partial charge in [0, 0.05) is 45.6 Å². The summed E-state index contributed by atoms with van der Waals surface area (Å²) in [6, 6.07) is 0. The predicted molar refractivity (Wildman–Crippen MR) is 53.0 cm³/mol. The minimum atomic E-state index is -0.170. The molecule has 0 aromatic carbocycles. The van der Waals surface area contributed by atoms with Crippen LogP contribution in [0.3, 0.4) is 0 Å². The number of H-pyrrole nitrogens is 1. The van der Waals surface area contributed by atoms with Gasteiger partial charge in [0.15, 0.2) is 6.29 Å². The zero-order valence-corrected chi connectivity index (χ0v) is 8.62. The quantitative estimate of drug-likeness (QED) is 0.485. The lowest BCUT2D eigenvalue weighted by molar-refractivity contribution is -0.0986. The third-order valence-corrected chi connectivity index (χ3v) is 1.96. The Balaban J connectivity index is 2.04. The second-order valence-electron chi connectivity index (χ2n) is 2.93. The molecule has 5 heteroatoms. The average molecular weight is 199 g/mol. The summed E-state index contributed by atoms with van der Waals surface area (Å²) in [5.74, 6) is 0. The lowest BCUT2D eigenvalue weighted by Crippen LogP contribution is -2.31. The molecule has 80 valence electrons. The van der Waals surface area contributed by atoms with Gasteiger partial charge in [0.25, 0.3) is 0 Å². The molecule has 0 atom stereocenters. The lowest BCUT2D eigenvalue weighted by Gasteiger charge is -2.13. The van der Waals surface area contributed by atoms with Crippen LogP contribution in [-0.4, -0.2) is 43.6 Å². The van der Waals surface area contributed by atoms with Crippen molar-refractivity contribution in [3.63, 3.8) is 0 Å². The number of aromatic nitrogens is 2. The fourth-order valence-corrected chi connectivity index (χ4v) is 1.13. The number of nitrogens with one attached hydrogen (secondary N) is 2. The third kappa shape index (κ3) is 3.87. The fraction of sp³-hybridized carbons (Fsp3) is 0.667. The van der Waals surface area contributed by atoms with E-state index >= 15 is 0 Å². The van der Waals surface area contributed by atoms with Crippen molar-refractivity contribution in [3.8, 4) is 0 Å². The highest BCUT2D eigenvalue weighted by Gasteiger charge is 2.02. The van der Waals surface area contributed by atoms with Crippen LogP contribution in [0.15, 0.2) is 12.5 Å². The Morgan fingerprint density at radius 2 is 2.29 bits per heavy atom. The molecule has 1 heterocycles. The number of aromatic amines is 1. The number of rotatable bonds is 7. The van der Waals surface area contributed by atoms with Gasteiger partial charge < -0.3 is 19.8 Å². The van der Waals surface area contributed by atoms with Crippen molar-refractivity contribution in [2.24, 2.45) is 0 Å². The van der Waals surface area contributed by atoms with E-state index in [1.165, 1.54) is 0 Å². The van der Waals surface area contributed by atoms with Crippen LogP contribution in [0.2, 0.25) is 0 Å². The van der Waals surface area contributed by atoms with Crippen LogP contribution >= 0.6 is 0 Å². The molecule has 0 bridgehead atoms. The van der Waals surface area contributed by atoms with E-state index in [-0.39, 0.29) is 6.29 Å². The summed E-state index contributed by atoms with van der Waals surface area (Å²) in [5.41, 5.74) is 1.13. The summed E-state index contributed by atoms with van der Waals surface area (Å²) < 4.78 is 10.1. The molecule has 0 aliphatic rings. The summed E-state index contributed by atoms with van der Waals surface area (Å²) in [6.07, 6.45) is 4.27. The second-order valence-corrected chi connectivity index (χ2v) is 2.93. The van der Waals surface area contributed by atoms with Crippen molar-refractivity contribution in [1.82, 2.24) is 15.3 Å². The summed E-state index contributed by atoms with van der Waals surface area (Å²) in [6.45, 7) is 1.58. The topological polar surface area (TPSA) is 59.2 Å². The summed E-state index contributed by atoms with van der Waals surface area (Å²) >= 11 is 0. The zero-order valence-electron chi connectivity index (χ0n) is 8.62. The third-order valence-electron chi connectivity index (χ3n) is 1.96. The predicted octanol–water partition coefficient (Wildman–Crippen LogP) is 0.161. The minimum absolute atomic E-state index is 0.170. The molecule has 0 unspecified atom stereocenters. The molecule has 0 aliphatic carbocycles. The van der Waals surface area contributed by atoms with Crippen LogP contribution in [0.5, 0.6) is 0 Å². The normalized spacial score (nSPS) is 11.1. The maximum absolute atomic E-state index is 5.03. The van der Waals surface area contributed by atoms with Crippen molar-refractivity contribution >= 4 is 0 Å². The number of ether oxygens (including phenoxy) is 2. The highest BCUT2D eigenvalue weighted by Crippen LogP contribution is 1.91. The first-order chi connectivity index (χ1) is 6.86. The molecule has 0 fully saturated rings. The molecule has 5 nitrogen and oxygen atoms in total.